The molecule has 1 fully saturated rings. The van der Waals surface area contributed by atoms with E-state index in [0.29, 0.717) is 19.4 Å². The van der Waals surface area contributed by atoms with Crippen LogP contribution in [0.4, 0.5) is 4.39 Å². The van der Waals surface area contributed by atoms with Gasteiger partial charge >= 0.3 is 0 Å². The summed E-state index contributed by atoms with van der Waals surface area (Å²) in [6.07, 6.45) is 1.83. The summed E-state index contributed by atoms with van der Waals surface area (Å²) in [4.78, 5) is 11.7. The summed E-state index contributed by atoms with van der Waals surface area (Å²) < 4.78 is 40.0. The number of nitrogens with one attached hydrogen (secondary N) is 1. The van der Waals surface area contributed by atoms with Gasteiger partial charge in [0.25, 0.3) is 0 Å². The van der Waals surface area contributed by atoms with Gasteiger partial charge in [-0.2, -0.15) is 4.31 Å². The van der Waals surface area contributed by atoms with Crippen LogP contribution in [0.2, 0.25) is 0 Å². The van der Waals surface area contributed by atoms with Crippen molar-refractivity contribution in [1.29, 1.82) is 0 Å². The van der Waals surface area contributed by atoms with E-state index in [0.717, 1.165) is 16.8 Å². The minimum absolute atomic E-state index is 0.237. The van der Waals surface area contributed by atoms with Crippen molar-refractivity contribution in [3.63, 3.8) is 0 Å². The van der Waals surface area contributed by atoms with E-state index in [1.54, 1.807) is 0 Å². The molecule has 7 heteroatoms. The molecule has 1 aliphatic rings. The minimum Gasteiger partial charge on any atom is -0.355 e. The Hall–Kier alpha value is -1.47. The van der Waals surface area contributed by atoms with Gasteiger partial charge in [-0.3, -0.25) is 4.79 Å². The van der Waals surface area contributed by atoms with E-state index >= 15 is 0 Å². The first-order valence-corrected chi connectivity index (χ1v) is 8.46. The lowest BCUT2D eigenvalue weighted by Gasteiger charge is -2.23. The Morgan fingerprint density at radius 3 is 2.81 bits per heavy atom. The van der Waals surface area contributed by atoms with E-state index in [1.807, 2.05) is 6.92 Å². The second-order valence-electron chi connectivity index (χ2n) is 5.00. The van der Waals surface area contributed by atoms with Gasteiger partial charge in [-0.05, 0) is 31.4 Å². The van der Waals surface area contributed by atoms with Crippen molar-refractivity contribution in [2.24, 2.45) is 0 Å². The molecule has 1 aromatic carbocycles. The Morgan fingerprint density at radius 2 is 2.14 bits per heavy atom. The molecular formula is C14H19FN2O3S. The molecule has 116 valence electrons. The zero-order chi connectivity index (χ0) is 15.5. The van der Waals surface area contributed by atoms with E-state index in [1.165, 1.54) is 18.2 Å². The summed E-state index contributed by atoms with van der Waals surface area (Å²) in [6.45, 7) is 2.66. The van der Waals surface area contributed by atoms with Crippen LogP contribution < -0.4 is 5.32 Å². The van der Waals surface area contributed by atoms with Crippen LogP contribution in [0.25, 0.3) is 0 Å². The van der Waals surface area contributed by atoms with Crippen molar-refractivity contribution in [3.05, 3.63) is 30.1 Å². The van der Waals surface area contributed by atoms with E-state index in [4.69, 9.17) is 0 Å². The molecule has 1 unspecified atom stereocenters. The number of sulfonamides is 1. The third-order valence-electron chi connectivity index (χ3n) is 3.48. The summed E-state index contributed by atoms with van der Waals surface area (Å²) >= 11 is 0. The standard InChI is InChI=1S/C14H19FN2O3S/c1-2-9-16-14(18)12-7-5-10-17(12)21(19,20)13-8-4-3-6-11(13)15/h3-4,6,8,12H,2,5,7,9-10H2,1H3,(H,16,18). The van der Waals surface area contributed by atoms with Crippen LogP contribution in [-0.2, 0) is 14.8 Å². The molecule has 1 amide bonds. The topological polar surface area (TPSA) is 66.5 Å². The maximum atomic E-state index is 13.8. The van der Waals surface area contributed by atoms with Crippen molar-refractivity contribution < 1.29 is 17.6 Å². The third-order valence-corrected chi connectivity index (χ3v) is 5.42. The van der Waals surface area contributed by atoms with Crippen LogP contribution in [-0.4, -0.2) is 37.8 Å². The number of hydrogen-bond acceptors (Lipinski definition) is 3. The first-order chi connectivity index (χ1) is 9.98. The van der Waals surface area contributed by atoms with Gasteiger partial charge in [-0.1, -0.05) is 19.1 Å². The number of benzene rings is 1. The predicted molar refractivity (Wildman–Crippen MR) is 76.6 cm³/mol. The van der Waals surface area contributed by atoms with Crippen molar-refractivity contribution in [1.82, 2.24) is 9.62 Å². The lowest BCUT2D eigenvalue weighted by molar-refractivity contribution is -0.124. The number of rotatable bonds is 5. The molecule has 0 bridgehead atoms. The average Bonchev–Trinajstić information content (AvgIpc) is 2.95. The summed E-state index contributed by atoms with van der Waals surface area (Å²) in [5, 5.41) is 2.70. The van der Waals surface area contributed by atoms with E-state index < -0.39 is 21.9 Å². The second kappa shape index (κ2) is 6.53. The third kappa shape index (κ3) is 3.24. The molecule has 0 saturated carbocycles. The van der Waals surface area contributed by atoms with Crippen LogP contribution >= 0.6 is 0 Å². The highest BCUT2D eigenvalue weighted by atomic mass is 32.2. The number of hydrogen-bond donors (Lipinski definition) is 1. The zero-order valence-electron chi connectivity index (χ0n) is 11.9. The van der Waals surface area contributed by atoms with Gasteiger partial charge in [0.2, 0.25) is 15.9 Å². The smallest absolute Gasteiger partial charge is 0.246 e. The first-order valence-electron chi connectivity index (χ1n) is 7.02. The summed E-state index contributed by atoms with van der Waals surface area (Å²) in [5.74, 6) is -1.11. The van der Waals surface area contributed by atoms with Gasteiger partial charge in [0.05, 0.1) is 0 Å². The molecule has 1 aromatic rings. The quantitative estimate of drug-likeness (QED) is 0.896. The fourth-order valence-corrected chi connectivity index (χ4v) is 4.16. The van der Waals surface area contributed by atoms with Gasteiger partial charge in [-0.25, -0.2) is 12.8 Å². The average molecular weight is 314 g/mol. The van der Waals surface area contributed by atoms with Crippen molar-refractivity contribution in [3.8, 4) is 0 Å². The molecule has 5 nitrogen and oxygen atoms in total. The molecule has 1 heterocycles. The lowest BCUT2D eigenvalue weighted by Crippen LogP contribution is -2.46. The van der Waals surface area contributed by atoms with Gasteiger partial charge in [0, 0.05) is 13.1 Å². The Labute approximate surface area is 124 Å². The highest BCUT2D eigenvalue weighted by molar-refractivity contribution is 7.89. The van der Waals surface area contributed by atoms with Gasteiger partial charge in [0.15, 0.2) is 0 Å². The normalized spacial score (nSPS) is 19.6. The molecule has 0 aliphatic carbocycles. The Kier molecular flexibility index (Phi) is 4.95. The maximum Gasteiger partial charge on any atom is 0.246 e. The molecular weight excluding hydrogens is 295 g/mol. The molecule has 2 rings (SSSR count). The molecule has 21 heavy (non-hydrogen) atoms. The first kappa shape index (κ1) is 15.9. The number of halogens is 1. The van der Waals surface area contributed by atoms with E-state index in [9.17, 15) is 17.6 Å². The van der Waals surface area contributed by atoms with E-state index in [2.05, 4.69) is 5.32 Å². The molecule has 1 atom stereocenters. The lowest BCUT2D eigenvalue weighted by atomic mass is 10.2. The zero-order valence-corrected chi connectivity index (χ0v) is 12.7. The summed E-state index contributed by atoms with van der Waals surface area (Å²) in [7, 11) is -3.99. The summed E-state index contributed by atoms with van der Waals surface area (Å²) in [6, 6.07) is 4.49. The monoisotopic (exact) mass is 314 g/mol. The highest BCUT2D eigenvalue weighted by Gasteiger charge is 2.40. The van der Waals surface area contributed by atoms with Gasteiger partial charge < -0.3 is 5.32 Å². The second-order valence-corrected chi connectivity index (χ2v) is 6.85. The highest BCUT2D eigenvalue weighted by Crippen LogP contribution is 2.27. The molecule has 0 spiro atoms. The van der Waals surface area contributed by atoms with Gasteiger partial charge in [-0.15, -0.1) is 0 Å². The largest absolute Gasteiger partial charge is 0.355 e. The maximum absolute atomic E-state index is 13.8. The van der Waals surface area contributed by atoms with Crippen LogP contribution in [0, 0.1) is 5.82 Å². The molecule has 0 radical (unpaired) electrons. The predicted octanol–water partition coefficient (Wildman–Crippen LogP) is 1.50. The van der Waals surface area contributed by atoms with Crippen LogP contribution in [0.5, 0.6) is 0 Å². The molecule has 0 aromatic heterocycles. The van der Waals surface area contributed by atoms with Crippen molar-refractivity contribution >= 4 is 15.9 Å². The minimum atomic E-state index is -3.99. The number of nitrogens with zero attached hydrogens (tertiary/aromatic N) is 1. The molecule has 1 saturated heterocycles. The summed E-state index contributed by atoms with van der Waals surface area (Å²) in [5.41, 5.74) is 0. The molecule has 1 aliphatic heterocycles. The van der Waals surface area contributed by atoms with Crippen LogP contribution in [0.3, 0.4) is 0 Å². The van der Waals surface area contributed by atoms with Crippen LogP contribution in [0.15, 0.2) is 29.2 Å². The van der Waals surface area contributed by atoms with Crippen molar-refractivity contribution in [2.75, 3.05) is 13.1 Å². The van der Waals surface area contributed by atoms with Crippen LogP contribution in [0.1, 0.15) is 26.2 Å². The fraction of sp³-hybridized carbons (Fsp3) is 0.500. The fourth-order valence-electron chi connectivity index (χ4n) is 2.44. The Morgan fingerprint density at radius 1 is 1.43 bits per heavy atom. The number of amides is 1. The van der Waals surface area contributed by atoms with Gasteiger partial charge in [0.1, 0.15) is 16.8 Å². The number of carbonyl (C=O) groups excluding carboxylic acids is 1. The number of carbonyl (C=O) groups is 1. The Bertz CT molecular complexity index is 618. The Balaban J connectivity index is 2.27. The van der Waals surface area contributed by atoms with E-state index in [-0.39, 0.29) is 17.3 Å². The van der Waals surface area contributed by atoms with Crippen molar-refractivity contribution in [2.45, 2.75) is 37.1 Å². The SMILES string of the molecule is CCCNC(=O)C1CCCN1S(=O)(=O)c1ccccc1F. The molecule has 1 N–H and O–H groups in total.